The number of halogens is 1. The van der Waals surface area contributed by atoms with Crippen LogP contribution in [0.2, 0.25) is 0 Å². The van der Waals surface area contributed by atoms with Crippen LogP contribution in [0.4, 0.5) is 4.39 Å². The SMILES string of the molecule is O=C(/C=C/c1ccccc1)OCC1SC(O)C(F)[C@@H]1OC(=O)/C=C/c1ccccc1. The Kier molecular flexibility index (Phi) is 7.82. The Bertz CT molecular complexity index is 900. The number of esters is 2. The predicted octanol–water partition coefficient (Wildman–Crippen LogP) is 3.64. The third-order valence-corrected chi connectivity index (χ3v) is 5.62. The lowest BCUT2D eigenvalue weighted by molar-refractivity contribution is -0.148. The summed E-state index contributed by atoms with van der Waals surface area (Å²) in [6.07, 6.45) is 2.63. The topological polar surface area (TPSA) is 72.8 Å². The fraction of sp³-hybridized carbons (Fsp3) is 0.217. The molecule has 156 valence electrons. The maximum absolute atomic E-state index is 14.3. The maximum atomic E-state index is 14.3. The first-order chi connectivity index (χ1) is 14.5. The molecular weight excluding hydrogens is 407 g/mol. The number of aliphatic hydroxyl groups excluding tert-OH is 1. The quantitative estimate of drug-likeness (QED) is 0.536. The summed E-state index contributed by atoms with van der Waals surface area (Å²) in [5.74, 6) is -1.34. The van der Waals surface area contributed by atoms with E-state index in [1.807, 2.05) is 60.7 Å². The van der Waals surface area contributed by atoms with Gasteiger partial charge in [0.1, 0.15) is 12.0 Å². The molecule has 0 radical (unpaired) electrons. The molecule has 7 heteroatoms. The van der Waals surface area contributed by atoms with E-state index in [-0.39, 0.29) is 6.61 Å². The van der Waals surface area contributed by atoms with Gasteiger partial charge in [0.25, 0.3) is 0 Å². The van der Waals surface area contributed by atoms with E-state index in [0.717, 1.165) is 22.9 Å². The Morgan fingerprint density at radius 1 is 0.933 bits per heavy atom. The fourth-order valence-corrected chi connectivity index (χ4v) is 3.99. The standard InChI is InChI=1S/C23H21FO5S/c24-21-22(29-20(26)14-12-17-9-5-2-6-10-17)18(30-23(21)27)15-28-19(25)13-11-16-7-3-1-4-8-16/h1-14,18,21-23,27H,15H2/b13-11+,14-12+/t18?,21?,22-,23?/m1/s1. The monoisotopic (exact) mass is 428 g/mol. The third kappa shape index (κ3) is 6.30. The highest BCUT2D eigenvalue weighted by Crippen LogP contribution is 2.37. The summed E-state index contributed by atoms with van der Waals surface area (Å²) in [4.78, 5) is 24.0. The number of thioether (sulfide) groups is 1. The molecule has 0 bridgehead atoms. The molecule has 2 aromatic rings. The molecule has 0 spiro atoms. The minimum Gasteiger partial charge on any atom is -0.461 e. The van der Waals surface area contributed by atoms with Gasteiger partial charge in [-0.1, -0.05) is 60.7 Å². The Balaban J connectivity index is 1.54. The van der Waals surface area contributed by atoms with E-state index in [0.29, 0.717) is 0 Å². The molecule has 1 saturated heterocycles. The highest BCUT2D eigenvalue weighted by atomic mass is 32.2. The van der Waals surface area contributed by atoms with Crippen molar-refractivity contribution in [1.29, 1.82) is 0 Å². The second-order valence-corrected chi connectivity index (χ2v) is 7.89. The van der Waals surface area contributed by atoms with Crippen LogP contribution in [-0.4, -0.2) is 46.6 Å². The van der Waals surface area contributed by atoms with Crippen LogP contribution < -0.4 is 0 Å². The molecule has 0 aromatic heterocycles. The zero-order chi connectivity index (χ0) is 21.3. The zero-order valence-electron chi connectivity index (χ0n) is 16.0. The Morgan fingerprint density at radius 2 is 1.47 bits per heavy atom. The van der Waals surface area contributed by atoms with Gasteiger partial charge in [-0.05, 0) is 23.3 Å². The first kappa shape index (κ1) is 21.8. The van der Waals surface area contributed by atoms with Gasteiger partial charge in [-0.3, -0.25) is 0 Å². The zero-order valence-corrected chi connectivity index (χ0v) is 16.8. The second kappa shape index (κ2) is 10.8. The lowest BCUT2D eigenvalue weighted by atomic mass is 10.1. The number of benzene rings is 2. The van der Waals surface area contributed by atoms with Crippen LogP contribution in [0.1, 0.15) is 11.1 Å². The van der Waals surface area contributed by atoms with Crippen LogP contribution in [0, 0.1) is 0 Å². The highest BCUT2D eigenvalue weighted by molar-refractivity contribution is 8.00. The summed E-state index contributed by atoms with van der Waals surface area (Å²) < 4.78 is 24.7. The van der Waals surface area contributed by atoms with Gasteiger partial charge in [0.05, 0.1) is 5.25 Å². The lowest BCUT2D eigenvalue weighted by Crippen LogP contribution is -2.36. The van der Waals surface area contributed by atoms with Gasteiger partial charge in [-0.25, -0.2) is 14.0 Å². The molecule has 4 atom stereocenters. The average molecular weight is 428 g/mol. The fourth-order valence-electron chi connectivity index (χ4n) is 2.82. The van der Waals surface area contributed by atoms with Crippen molar-refractivity contribution < 1.29 is 28.6 Å². The number of aliphatic hydroxyl groups is 1. The van der Waals surface area contributed by atoms with Crippen LogP contribution in [0.15, 0.2) is 72.8 Å². The Morgan fingerprint density at radius 3 is 2.03 bits per heavy atom. The van der Waals surface area contributed by atoms with Crippen molar-refractivity contribution in [1.82, 2.24) is 0 Å². The summed E-state index contributed by atoms with van der Waals surface area (Å²) in [6, 6.07) is 18.3. The minimum atomic E-state index is -1.77. The van der Waals surface area contributed by atoms with Crippen molar-refractivity contribution in [2.75, 3.05) is 6.61 Å². The number of carbonyl (C=O) groups is 2. The Labute approximate surface area is 178 Å². The molecule has 0 aliphatic carbocycles. The van der Waals surface area contributed by atoms with Crippen molar-refractivity contribution in [2.24, 2.45) is 0 Å². The molecule has 30 heavy (non-hydrogen) atoms. The number of carbonyl (C=O) groups excluding carboxylic acids is 2. The molecule has 5 nitrogen and oxygen atoms in total. The number of alkyl halides is 1. The molecular formula is C23H21FO5S. The molecule has 1 heterocycles. The van der Waals surface area contributed by atoms with E-state index in [4.69, 9.17) is 9.47 Å². The highest BCUT2D eigenvalue weighted by Gasteiger charge is 2.46. The molecule has 3 rings (SSSR count). The maximum Gasteiger partial charge on any atom is 0.331 e. The van der Waals surface area contributed by atoms with Gasteiger partial charge < -0.3 is 14.6 Å². The predicted molar refractivity (Wildman–Crippen MR) is 114 cm³/mol. The van der Waals surface area contributed by atoms with Gasteiger partial charge in [0.2, 0.25) is 0 Å². The summed E-state index contributed by atoms with van der Waals surface area (Å²) in [5.41, 5.74) is 0.271. The molecule has 1 fully saturated rings. The number of ether oxygens (including phenoxy) is 2. The molecule has 1 N–H and O–H groups in total. The molecule has 1 aliphatic rings. The van der Waals surface area contributed by atoms with Gasteiger partial charge in [-0.2, -0.15) is 0 Å². The normalized spacial score (nSPS) is 23.7. The molecule has 2 aromatic carbocycles. The van der Waals surface area contributed by atoms with E-state index >= 15 is 0 Å². The van der Waals surface area contributed by atoms with E-state index < -0.39 is 34.9 Å². The number of hydrogen-bond acceptors (Lipinski definition) is 6. The van der Waals surface area contributed by atoms with Crippen LogP contribution in [0.3, 0.4) is 0 Å². The van der Waals surface area contributed by atoms with Gasteiger partial charge in [-0.15, -0.1) is 11.8 Å². The smallest absolute Gasteiger partial charge is 0.331 e. The van der Waals surface area contributed by atoms with Crippen molar-refractivity contribution in [3.63, 3.8) is 0 Å². The van der Waals surface area contributed by atoms with Crippen LogP contribution >= 0.6 is 11.8 Å². The molecule has 3 unspecified atom stereocenters. The van der Waals surface area contributed by atoms with Crippen molar-refractivity contribution in [3.05, 3.63) is 83.9 Å². The van der Waals surface area contributed by atoms with E-state index in [1.165, 1.54) is 12.2 Å². The summed E-state index contributed by atoms with van der Waals surface area (Å²) in [6.45, 7) is -0.194. The van der Waals surface area contributed by atoms with E-state index in [1.54, 1.807) is 12.2 Å². The number of hydrogen-bond donors (Lipinski definition) is 1. The minimum absolute atomic E-state index is 0.194. The van der Waals surface area contributed by atoms with Crippen molar-refractivity contribution in [2.45, 2.75) is 23.0 Å². The van der Waals surface area contributed by atoms with Gasteiger partial charge in [0.15, 0.2) is 12.3 Å². The van der Waals surface area contributed by atoms with Gasteiger partial charge >= 0.3 is 11.9 Å². The summed E-state index contributed by atoms with van der Waals surface area (Å²) in [5, 5.41) is 9.09. The third-order valence-electron chi connectivity index (χ3n) is 4.33. The molecule has 1 aliphatic heterocycles. The van der Waals surface area contributed by atoms with Crippen LogP contribution in [-0.2, 0) is 19.1 Å². The summed E-state index contributed by atoms with van der Waals surface area (Å²) in [7, 11) is 0. The second-order valence-electron chi connectivity index (χ2n) is 6.53. The largest absolute Gasteiger partial charge is 0.461 e. The number of rotatable bonds is 7. The lowest BCUT2D eigenvalue weighted by Gasteiger charge is -2.19. The first-order valence-corrected chi connectivity index (χ1v) is 10.3. The van der Waals surface area contributed by atoms with Crippen molar-refractivity contribution in [3.8, 4) is 0 Å². The van der Waals surface area contributed by atoms with Gasteiger partial charge in [0, 0.05) is 12.2 Å². The average Bonchev–Trinajstić information content (AvgIpc) is 3.04. The molecule has 0 saturated carbocycles. The Hall–Kier alpha value is -2.90. The molecule has 0 amide bonds. The van der Waals surface area contributed by atoms with Crippen LogP contribution in [0.5, 0.6) is 0 Å². The summed E-state index contributed by atoms with van der Waals surface area (Å²) >= 11 is 0.873. The first-order valence-electron chi connectivity index (χ1n) is 9.34. The van der Waals surface area contributed by atoms with E-state index in [9.17, 15) is 19.1 Å². The van der Waals surface area contributed by atoms with Crippen molar-refractivity contribution >= 4 is 35.9 Å². The van der Waals surface area contributed by atoms with Crippen LogP contribution in [0.25, 0.3) is 12.2 Å². The van der Waals surface area contributed by atoms with E-state index in [2.05, 4.69) is 0 Å².